The van der Waals surface area contributed by atoms with E-state index in [1.807, 2.05) is 28.0 Å². The lowest BCUT2D eigenvalue weighted by Gasteiger charge is -2.32. The minimum Gasteiger partial charge on any atom is -0.342 e. The van der Waals surface area contributed by atoms with Crippen molar-refractivity contribution in [1.82, 2.24) is 19.7 Å². The number of carbonyl (C=O) groups excluding carboxylic acids is 3. The first kappa shape index (κ1) is 20.4. The van der Waals surface area contributed by atoms with Gasteiger partial charge in [-0.05, 0) is 25.0 Å². The Morgan fingerprint density at radius 3 is 2.52 bits per heavy atom. The lowest BCUT2D eigenvalue weighted by molar-refractivity contribution is -0.142. The topological polar surface area (TPSA) is 73.8 Å². The molecule has 0 spiro atoms. The number of rotatable bonds is 4. The summed E-state index contributed by atoms with van der Waals surface area (Å²) in [6.07, 6.45) is 3.09. The van der Waals surface area contributed by atoms with E-state index in [1.165, 1.54) is 0 Å². The van der Waals surface area contributed by atoms with E-state index < -0.39 is 5.41 Å². The van der Waals surface area contributed by atoms with Gasteiger partial charge in [-0.25, -0.2) is 4.98 Å². The fourth-order valence-corrected chi connectivity index (χ4v) is 6.40. The number of aromatic nitrogens is 1. The first-order valence-electron chi connectivity index (χ1n) is 11.1. The molecule has 2 atom stereocenters. The molecule has 3 aliphatic rings. The summed E-state index contributed by atoms with van der Waals surface area (Å²) in [5.41, 5.74) is 0.340. The summed E-state index contributed by atoms with van der Waals surface area (Å²) >= 11 is 1.64. The smallest absolute Gasteiger partial charge is 0.232 e. The Morgan fingerprint density at radius 2 is 1.77 bits per heavy atom. The summed E-state index contributed by atoms with van der Waals surface area (Å²) in [6, 6.07) is 8.02. The van der Waals surface area contributed by atoms with E-state index in [9.17, 15) is 14.4 Å². The minimum absolute atomic E-state index is 0.0108. The number of likely N-dealkylation sites (tertiary alicyclic amines) is 3. The van der Waals surface area contributed by atoms with E-state index >= 15 is 0 Å². The van der Waals surface area contributed by atoms with E-state index in [0.717, 1.165) is 41.2 Å². The van der Waals surface area contributed by atoms with Gasteiger partial charge >= 0.3 is 0 Å². The van der Waals surface area contributed by atoms with Crippen LogP contribution in [0.5, 0.6) is 0 Å². The van der Waals surface area contributed by atoms with Gasteiger partial charge in [-0.15, -0.1) is 11.3 Å². The zero-order chi connectivity index (χ0) is 21.6. The third-order valence-electron chi connectivity index (χ3n) is 7.12. The number of hydrogen-bond acceptors (Lipinski definition) is 5. The van der Waals surface area contributed by atoms with Gasteiger partial charge in [0.05, 0.1) is 20.6 Å². The number of thiazole rings is 1. The summed E-state index contributed by atoms with van der Waals surface area (Å²) in [5.74, 6) is 0.254. The molecule has 7 nitrogen and oxygen atoms in total. The van der Waals surface area contributed by atoms with E-state index in [2.05, 4.69) is 11.1 Å². The van der Waals surface area contributed by atoms with Gasteiger partial charge < -0.3 is 14.7 Å². The molecular weight excluding hydrogens is 412 g/mol. The van der Waals surface area contributed by atoms with Crippen LogP contribution in [0.3, 0.4) is 0 Å². The van der Waals surface area contributed by atoms with Gasteiger partial charge in [0.2, 0.25) is 17.7 Å². The summed E-state index contributed by atoms with van der Waals surface area (Å²) in [7, 11) is 0. The van der Waals surface area contributed by atoms with Crippen LogP contribution in [0.2, 0.25) is 0 Å². The molecule has 0 radical (unpaired) electrons. The molecule has 0 aliphatic carbocycles. The second-order valence-corrected chi connectivity index (χ2v) is 10.2. The average Bonchev–Trinajstić information content (AvgIpc) is 3.53. The number of benzene rings is 1. The van der Waals surface area contributed by atoms with Crippen LogP contribution in [0.4, 0.5) is 0 Å². The predicted octanol–water partition coefficient (Wildman–Crippen LogP) is 2.16. The number of fused-ring (bicyclic) bond motifs is 2. The molecule has 1 aromatic carbocycles. The molecule has 0 saturated carbocycles. The molecule has 1 aromatic heterocycles. The van der Waals surface area contributed by atoms with Crippen LogP contribution in [-0.2, 0) is 20.8 Å². The Morgan fingerprint density at radius 1 is 1.06 bits per heavy atom. The Hall–Kier alpha value is -2.48. The first-order chi connectivity index (χ1) is 15.0. The number of aryl methyl sites for hydroxylation is 1. The summed E-state index contributed by atoms with van der Waals surface area (Å²) in [6.45, 7) is 5.13. The minimum atomic E-state index is -0.637. The van der Waals surface area contributed by atoms with Crippen molar-refractivity contribution in [2.75, 3.05) is 39.3 Å². The maximum atomic E-state index is 13.5. The van der Waals surface area contributed by atoms with Crippen molar-refractivity contribution < 1.29 is 14.4 Å². The summed E-state index contributed by atoms with van der Waals surface area (Å²) < 4.78 is 1.14. The van der Waals surface area contributed by atoms with Gasteiger partial charge in [-0.2, -0.15) is 0 Å². The fourth-order valence-electron chi connectivity index (χ4n) is 5.43. The molecule has 164 valence electrons. The maximum Gasteiger partial charge on any atom is 0.232 e. The largest absolute Gasteiger partial charge is 0.342 e. The van der Waals surface area contributed by atoms with Gasteiger partial charge in [0.25, 0.3) is 0 Å². The molecule has 3 saturated heterocycles. The Bertz CT molecular complexity index is 998. The zero-order valence-corrected chi connectivity index (χ0v) is 18.7. The van der Waals surface area contributed by atoms with Crippen LogP contribution < -0.4 is 0 Å². The van der Waals surface area contributed by atoms with Crippen molar-refractivity contribution in [2.24, 2.45) is 11.3 Å². The number of hydrogen-bond donors (Lipinski definition) is 0. The highest BCUT2D eigenvalue weighted by molar-refractivity contribution is 7.18. The van der Waals surface area contributed by atoms with Crippen molar-refractivity contribution in [1.29, 1.82) is 0 Å². The highest BCUT2D eigenvalue weighted by Crippen LogP contribution is 2.44. The predicted molar refractivity (Wildman–Crippen MR) is 119 cm³/mol. The van der Waals surface area contributed by atoms with Gasteiger partial charge in [0.1, 0.15) is 0 Å². The molecule has 0 N–H and O–H groups in total. The molecule has 5 rings (SSSR count). The maximum absolute atomic E-state index is 13.5. The van der Waals surface area contributed by atoms with Gasteiger partial charge in [-0.1, -0.05) is 12.1 Å². The molecule has 2 aromatic rings. The summed E-state index contributed by atoms with van der Waals surface area (Å²) in [5, 5.41) is 0.972. The van der Waals surface area contributed by atoms with Crippen LogP contribution in [-0.4, -0.2) is 76.7 Å². The number of para-hydroxylation sites is 1. The van der Waals surface area contributed by atoms with Crippen molar-refractivity contribution in [3.05, 3.63) is 29.3 Å². The van der Waals surface area contributed by atoms with E-state index in [0.29, 0.717) is 39.0 Å². The molecule has 3 amide bonds. The van der Waals surface area contributed by atoms with Crippen LogP contribution in [0.15, 0.2) is 24.3 Å². The monoisotopic (exact) mass is 440 g/mol. The van der Waals surface area contributed by atoms with Gasteiger partial charge in [-0.3, -0.25) is 14.4 Å². The van der Waals surface area contributed by atoms with Crippen molar-refractivity contribution in [3.63, 3.8) is 0 Å². The van der Waals surface area contributed by atoms with Gasteiger partial charge in [0.15, 0.2) is 0 Å². The first-order valence-corrected chi connectivity index (χ1v) is 11.9. The Labute approximate surface area is 186 Å². The molecule has 8 heteroatoms. The van der Waals surface area contributed by atoms with Gasteiger partial charge in [0, 0.05) is 65.0 Å². The lowest BCUT2D eigenvalue weighted by atomic mass is 9.79. The van der Waals surface area contributed by atoms with E-state index in [4.69, 9.17) is 0 Å². The lowest BCUT2D eigenvalue weighted by Crippen LogP contribution is -2.49. The van der Waals surface area contributed by atoms with Crippen LogP contribution in [0, 0.1) is 11.3 Å². The highest BCUT2D eigenvalue weighted by atomic mass is 32.1. The SMILES string of the molecule is CC(=O)N1C[C@H]2CN(C(=O)CCc3nc4ccccc4s3)C[C@@]2(C(=O)N2CCCC2)C1. The molecular formula is C23H28N4O3S. The van der Waals surface area contributed by atoms with E-state index in [-0.39, 0.29) is 23.6 Å². The quantitative estimate of drug-likeness (QED) is 0.730. The molecule has 31 heavy (non-hydrogen) atoms. The fraction of sp³-hybridized carbons (Fsp3) is 0.565. The zero-order valence-electron chi connectivity index (χ0n) is 17.9. The average molecular weight is 441 g/mol. The number of nitrogens with zero attached hydrogens (tertiary/aromatic N) is 4. The third kappa shape index (κ3) is 3.60. The molecule has 3 aliphatic heterocycles. The van der Waals surface area contributed by atoms with Crippen molar-refractivity contribution >= 4 is 39.3 Å². The summed E-state index contributed by atoms with van der Waals surface area (Å²) in [4.78, 5) is 48.8. The Balaban J connectivity index is 1.29. The van der Waals surface area contributed by atoms with Crippen LogP contribution >= 0.6 is 11.3 Å². The normalized spacial score (nSPS) is 25.5. The standard InChI is InChI=1S/C23H28N4O3S/c1-16(28)26-12-17-13-27(15-23(17,14-26)22(30)25-10-4-5-11-25)21(29)9-8-20-24-18-6-2-3-7-19(18)31-20/h2-3,6-7,17H,4-5,8-15H2,1H3/t17-,23-/m0/s1. The molecule has 0 unspecified atom stereocenters. The van der Waals surface area contributed by atoms with Crippen LogP contribution in [0.25, 0.3) is 10.2 Å². The highest BCUT2D eigenvalue weighted by Gasteiger charge is 2.59. The Kier molecular flexibility index (Phi) is 5.20. The van der Waals surface area contributed by atoms with Crippen molar-refractivity contribution in [3.8, 4) is 0 Å². The van der Waals surface area contributed by atoms with E-state index in [1.54, 1.807) is 23.2 Å². The molecule has 3 fully saturated rings. The second kappa shape index (κ2) is 7.89. The van der Waals surface area contributed by atoms with Crippen molar-refractivity contribution in [2.45, 2.75) is 32.6 Å². The number of amides is 3. The number of carbonyl (C=O) groups is 3. The molecule has 0 bridgehead atoms. The molecule has 4 heterocycles. The second-order valence-electron chi connectivity index (χ2n) is 9.10. The third-order valence-corrected chi connectivity index (χ3v) is 8.21. The van der Waals surface area contributed by atoms with Crippen LogP contribution in [0.1, 0.15) is 31.2 Å².